The van der Waals surface area contributed by atoms with Gasteiger partial charge in [-0.25, -0.2) is 18.6 Å². The minimum atomic E-state index is -2.63. The minimum absolute atomic E-state index is 0.272. The molecule has 0 bridgehead atoms. The first-order valence-corrected chi connectivity index (χ1v) is 10.7. The van der Waals surface area contributed by atoms with Crippen molar-refractivity contribution in [2.45, 2.75) is 12.0 Å². The summed E-state index contributed by atoms with van der Waals surface area (Å²) in [5, 5.41) is 17.1. The van der Waals surface area contributed by atoms with E-state index < -0.39 is 18.0 Å². The van der Waals surface area contributed by atoms with Crippen LogP contribution in [0.2, 0.25) is 0 Å². The first-order valence-electron chi connectivity index (χ1n) is 9.80. The Morgan fingerprint density at radius 1 is 1.25 bits per heavy atom. The van der Waals surface area contributed by atoms with Crippen LogP contribution in [-0.4, -0.2) is 41.7 Å². The van der Waals surface area contributed by atoms with E-state index >= 15 is 0 Å². The van der Waals surface area contributed by atoms with E-state index in [1.807, 2.05) is 36.4 Å². The van der Waals surface area contributed by atoms with Crippen molar-refractivity contribution in [1.82, 2.24) is 10.3 Å². The number of terminal acetylenes is 1. The maximum Gasteiger partial charge on any atom is 0.320 e. The van der Waals surface area contributed by atoms with E-state index in [0.717, 1.165) is 16.8 Å². The summed E-state index contributed by atoms with van der Waals surface area (Å²) in [5.41, 5.74) is 3.25. The standard InChI is InChI=1S/C23H20F2N4O2S/c1-2-21-27-20(12-32-21)28-22(31)26-19(11-30)16-8-6-15(7-9-16)17-4-3-5-18(10-17)29-13-23(24,25)14-29/h1,3-10,12,19,30H,11,13-14H2,(H2,26,28,31)/t19-/m0/s1. The Morgan fingerprint density at radius 2 is 2.00 bits per heavy atom. The second-order valence-corrected chi connectivity index (χ2v) is 8.26. The third-order valence-electron chi connectivity index (χ3n) is 5.06. The zero-order chi connectivity index (χ0) is 22.7. The molecule has 0 radical (unpaired) electrons. The molecule has 3 N–H and O–H groups in total. The van der Waals surface area contributed by atoms with Gasteiger partial charge in [-0.1, -0.05) is 36.4 Å². The molecule has 0 unspecified atom stereocenters. The Labute approximate surface area is 187 Å². The molecule has 0 spiro atoms. The van der Waals surface area contributed by atoms with Gasteiger partial charge >= 0.3 is 6.03 Å². The van der Waals surface area contributed by atoms with Gasteiger partial charge in [-0.05, 0) is 34.7 Å². The fourth-order valence-electron chi connectivity index (χ4n) is 3.43. The molecule has 4 rings (SSSR count). The van der Waals surface area contributed by atoms with Gasteiger partial charge in [0.05, 0.1) is 25.7 Å². The van der Waals surface area contributed by atoms with Crippen LogP contribution in [0.5, 0.6) is 0 Å². The molecule has 2 heterocycles. The highest BCUT2D eigenvalue weighted by Crippen LogP contribution is 2.34. The van der Waals surface area contributed by atoms with Crippen molar-refractivity contribution in [3.05, 3.63) is 64.5 Å². The summed E-state index contributed by atoms with van der Waals surface area (Å²) in [6.45, 7) is -0.837. The lowest BCUT2D eigenvalue weighted by molar-refractivity contribution is -0.0262. The van der Waals surface area contributed by atoms with E-state index in [4.69, 9.17) is 6.42 Å². The molecule has 32 heavy (non-hydrogen) atoms. The molecule has 1 atom stereocenters. The third-order valence-corrected chi connectivity index (χ3v) is 5.83. The summed E-state index contributed by atoms with van der Waals surface area (Å²) < 4.78 is 26.3. The molecule has 1 aliphatic rings. The molecule has 0 aliphatic carbocycles. The van der Waals surface area contributed by atoms with Crippen LogP contribution in [0.3, 0.4) is 0 Å². The molecule has 2 aromatic carbocycles. The summed E-state index contributed by atoms with van der Waals surface area (Å²) in [6.07, 6.45) is 5.27. The van der Waals surface area contributed by atoms with Crippen molar-refractivity contribution >= 4 is 28.9 Å². The number of alkyl halides is 2. The number of hydrogen-bond donors (Lipinski definition) is 3. The number of carbonyl (C=O) groups excluding carboxylic acids is 1. The van der Waals surface area contributed by atoms with Gasteiger partial charge in [0.1, 0.15) is 5.82 Å². The second-order valence-electron chi connectivity index (χ2n) is 7.40. The van der Waals surface area contributed by atoms with Gasteiger partial charge in [0.15, 0.2) is 5.01 Å². The van der Waals surface area contributed by atoms with Crippen LogP contribution in [0.25, 0.3) is 11.1 Å². The van der Waals surface area contributed by atoms with Gasteiger partial charge in [0, 0.05) is 11.1 Å². The molecule has 9 heteroatoms. The third kappa shape index (κ3) is 4.88. The van der Waals surface area contributed by atoms with Crippen molar-refractivity contribution in [2.24, 2.45) is 0 Å². The number of amides is 2. The van der Waals surface area contributed by atoms with Crippen molar-refractivity contribution < 1.29 is 18.7 Å². The number of aromatic nitrogens is 1. The highest BCUT2D eigenvalue weighted by Gasteiger charge is 2.43. The van der Waals surface area contributed by atoms with Crippen molar-refractivity contribution in [3.63, 3.8) is 0 Å². The van der Waals surface area contributed by atoms with Gasteiger partial charge in [0.25, 0.3) is 5.92 Å². The number of anilines is 2. The predicted molar refractivity (Wildman–Crippen MR) is 121 cm³/mol. The number of aliphatic hydroxyl groups excluding tert-OH is 1. The Morgan fingerprint density at radius 3 is 2.62 bits per heavy atom. The zero-order valence-corrected chi connectivity index (χ0v) is 17.7. The molecule has 1 aromatic heterocycles. The molecular weight excluding hydrogens is 434 g/mol. The average molecular weight is 455 g/mol. The molecule has 2 amide bonds. The Hall–Kier alpha value is -3.48. The highest BCUT2D eigenvalue weighted by molar-refractivity contribution is 7.10. The van der Waals surface area contributed by atoms with Gasteiger partial charge in [0.2, 0.25) is 0 Å². The lowest BCUT2D eigenvalue weighted by Crippen LogP contribution is -2.56. The predicted octanol–water partition coefficient (Wildman–Crippen LogP) is 4.10. The molecule has 1 saturated heterocycles. The smallest absolute Gasteiger partial charge is 0.320 e. The van der Waals surface area contributed by atoms with E-state index in [0.29, 0.717) is 16.4 Å². The van der Waals surface area contributed by atoms with Crippen molar-refractivity contribution in [1.29, 1.82) is 0 Å². The highest BCUT2D eigenvalue weighted by atomic mass is 32.1. The number of halogens is 2. The quantitative estimate of drug-likeness (QED) is 0.490. The fraction of sp³-hybridized carbons (Fsp3) is 0.217. The maximum absolute atomic E-state index is 13.2. The van der Waals surface area contributed by atoms with E-state index in [1.165, 1.54) is 11.3 Å². The first-order chi connectivity index (χ1) is 15.4. The average Bonchev–Trinajstić information content (AvgIpc) is 3.23. The van der Waals surface area contributed by atoms with Gasteiger partial charge < -0.3 is 15.3 Å². The summed E-state index contributed by atoms with van der Waals surface area (Å²) in [5.74, 6) is 0.111. The molecule has 1 fully saturated rings. The van der Waals surface area contributed by atoms with Gasteiger partial charge in [-0.2, -0.15) is 0 Å². The Balaban J connectivity index is 1.42. The van der Waals surface area contributed by atoms with E-state index in [9.17, 15) is 18.7 Å². The number of rotatable bonds is 6. The first kappa shape index (κ1) is 21.7. The molecule has 3 aromatic rings. The summed E-state index contributed by atoms with van der Waals surface area (Å²) >= 11 is 1.24. The number of urea groups is 1. The van der Waals surface area contributed by atoms with E-state index in [1.54, 1.807) is 22.4 Å². The second kappa shape index (κ2) is 8.94. The lowest BCUT2D eigenvalue weighted by atomic mass is 9.99. The van der Waals surface area contributed by atoms with E-state index in [-0.39, 0.29) is 19.7 Å². The largest absolute Gasteiger partial charge is 0.394 e. The molecular formula is C23H20F2N4O2S. The molecule has 6 nitrogen and oxygen atoms in total. The topological polar surface area (TPSA) is 77.5 Å². The number of thiazole rings is 1. The molecule has 1 aliphatic heterocycles. The Kier molecular flexibility index (Phi) is 6.08. The van der Waals surface area contributed by atoms with Crippen LogP contribution in [0.1, 0.15) is 16.6 Å². The zero-order valence-electron chi connectivity index (χ0n) is 16.9. The van der Waals surface area contributed by atoms with Crippen molar-refractivity contribution in [3.8, 4) is 23.5 Å². The number of hydrogen-bond acceptors (Lipinski definition) is 5. The number of benzene rings is 2. The van der Waals surface area contributed by atoms with Crippen LogP contribution in [0, 0.1) is 12.3 Å². The molecule has 164 valence electrons. The SMILES string of the molecule is C#Cc1nc(NC(=O)N[C@@H](CO)c2ccc(-c3cccc(N4CC(F)(F)C4)c3)cc2)cs1. The monoisotopic (exact) mass is 454 g/mol. The van der Waals surface area contributed by atoms with E-state index in [2.05, 4.69) is 21.5 Å². The van der Waals surface area contributed by atoms with Gasteiger partial charge in [-0.3, -0.25) is 5.32 Å². The summed E-state index contributed by atoms with van der Waals surface area (Å²) in [7, 11) is 0. The number of nitrogens with one attached hydrogen (secondary N) is 2. The van der Waals surface area contributed by atoms with Crippen LogP contribution >= 0.6 is 11.3 Å². The van der Waals surface area contributed by atoms with Gasteiger partial charge in [-0.15, -0.1) is 17.8 Å². The summed E-state index contributed by atoms with van der Waals surface area (Å²) in [4.78, 5) is 17.9. The number of aliphatic hydroxyl groups is 1. The van der Waals surface area contributed by atoms with Crippen LogP contribution < -0.4 is 15.5 Å². The normalized spacial score (nSPS) is 15.4. The summed E-state index contributed by atoms with van der Waals surface area (Å²) in [6, 6.07) is 13.6. The lowest BCUT2D eigenvalue weighted by Gasteiger charge is -2.40. The molecule has 0 saturated carbocycles. The van der Waals surface area contributed by atoms with Crippen molar-refractivity contribution in [2.75, 3.05) is 29.9 Å². The number of nitrogens with zero attached hydrogens (tertiary/aromatic N) is 2. The van der Waals surface area contributed by atoms with Crippen LogP contribution in [0.15, 0.2) is 53.9 Å². The van der Waals surface area contributed by atoms with Crippen LogP contribution in [0.4, 0.5) is 25.1 Å². The fourth-order valence-corrected chi connectivity index (χ4v) is 3.98. The Bertz CT molecular complexity index is 1150. The van der Waals surface area contributed by atoms with Crippen LogP contribution in [-0.2, 0) is 0 Å². The minimum Gasteiger partial charge on any atom is -0.394 e. The number of carbonyl (C=O) groups is 1. The maximum atomic E-state index is 13.2.